The standard InChI is InChI=1S/C12H17N5O2S/c18-11(7-15-9-20-8-12(15)19)17-4-1-2-10(17)6-16-5-3-13-14-16/h3,5,10H,1-2,4,6-9H2/t10-/m0/s1. The molecule has 2 amide bonds. The van der Waals surface area contributed by atoms with E-state index in [-0.39, 0.29) is 24.4 Å². The van der Waals surface area contributed by atoms with Crippen LogP contribution in [0.3, 0.4) is 0 Å². The van der Waals surface area contributed by atoms with Crippen molar-refractivity contribution in [3.8, 4) is 0 Å². The molecular formula is C12H17N5O2S. The van der Waals surface area contributed by atoms with Crippen LogP contribution in [0.4, 0.5) is 0 Å². The van der Waals surface area contributed by atoms with Crippen molar-refractivity contribution in [1.29, 1.82) is 0 Å². The van der Waals surface area contributed by atoms with E-state index in [1.807, 2.05) is 11.1 Å². The van der Waals surface area contributed by atoms with Gasteiger partial charge in [0, 0.05) is 12.7 Å². The maximum atomic E-state index is 12.4. The first-order chi connectivity index (χ1) is 9.74. The lowest BCUT2D eigenvalue weighted by molar-refractivity contribution is -0.138. The summed E-state index contributed by atoms with van der Waals surface area (Å²) in [6.45, 7) is 1.65. The summed E-state index contributed by atoms with van der Waals surface area (Å²) >= 11 is 1.56. The van der Waals surface area contributed by atoms with E-state index in [2.05, 4.69) is 10.3 Å². The molecule has 3 rings (SSSR count). The van der Waals surface area contributed by atoms with Crippen molar-refractivity contribution >= 4 is 23.6 Å². The number of nitrogens with zero attached hydrogens (tertiary/aromatic N) is 5. The number of rotatable bonds is 4. The van der Waals surface area contributed by atoms with Crippen molar-refractivity contribution in [2.45, 2.75) is 25.4 Å². The van der Waals surface area contributed by atoms with Gasteiger partial charge in [0.1, 0.15) is 6.54 Å². The molecule has 0 radical (unpaired) electrons. The Kier molecular flexibility index (Phi) is 3.90. The zero-order valence-electron chi connectivity index (χ0n) is 11.1. The summed E-state index contributed by atoms with van der Waals surface area (Å²) in [7, 11) is 0. The van der Waals surface area contributed by atoms with Gasteiger partial charge in [0.15, 0.2) is 0 Å². The zero-order chi connectivity index (χ0) is 13.9. The molecule has 1 atom stereocenters. The molecule has 0 aliphatic carbocycles. The lowest BCUT2D eigenvalue weighted by Gasteiger charge is -2.26. The van der Waals surface area contributed by atoms with Crippen molar-refractivity contribution in [2.24, 2.45) is 0 Å². The van der Waals surface area contributed by atoms with E-state index in [1.54, 1.807) is 27.5 Å². The molecule has 1 aromatic rings. The Hall–Kier alpha value is -1.57. The molecular weight excluding hydrogens is 278 g/mol. The molecule has 1 aromatic heterocycles. The molecule has 0 saturated carbocycles. The number of likely N-dealkylation sites (tertiary alicyclic amines) is 1. The molecule has 7 nitrogen and oxygen atoms in total. The van der Waals surface area contributed by atoms with E-state index in [1.165, 1.54) is 0 Å². The number of hydrogen-bond donors (Lipinski definition) is 0. The van der Waals surface area contributed by atoms with Gasteiger partial charge in [-0.3, -0.25) is 14.3 Å². The van der Waals surface area contributed by atoms with Crippen LogP contribution in [0.15, 0.2) is 12.4 Å². The van der Waals surface area contributed by atoms with Crippen molar-refractivity contribution in [3.63, 3.8) is 0 Å². The summed E-state index contributed by atoms with van der Waals surface area (Å²) in [6, 6.07) is 0.162. The second-order valence-corrected chi connectivity index (χ2v) is 6.03. The third-order valence-corrected chi connectivity index (χ3v) is 4.66. The monoisotopic (exact) mass is 295 g/mol. The first kappa shape index (κ1) is 13.4. The lowest BCUT2D eigenvalue weighted by Crippen LogP contribution is -2.44. The molecule has 8 heteroatoms. The molecule has 2 aliphatic heterocycles. The summed E-state index contributed by atoms with van der Waals surface area (Å²) in [5, 5.41) is 7.73. The smallest absolute Gasteiger partial charge is 0.242 e. The van der Waals surface area contributed by atoms with Crippen LogP contribution in [0.5, 0.6) is 0 Å². The highest BCUT2D eigenvalue weighted by Gasteiger charge is 2.32. The Balaban J connectivity index is 1.59. The number of aromatic nitrogens is 3. The molecule has 0 unspecified atom stereocenters. The van der Waals surface area contributed by atoms with Crippen molar-refractivity contribution in [2.75, 3.05) is 24.7 Å². The fourth-order valence-corrected chi connectivity index (χ4v) is 3.60. The first-order valence-corrected chi connectivity index (χ1v) is 7.88. The Morgan fingerprint density at radius 2 is 2.40 bits per heavy atom. The minimum Gasteiger partial charge on any atom is -0.336 e. The minimum atomic E-state index is 0.0449. The second kappa shape index (κ2) is 5.82. The van der Waals surface area contributed by atoms with Gasteiger partial charge in [-0.15, -0.1) is 16.9 Å². The summed E-state index contributed by atoms with van der Waals surface area (Å²) in [6.07, 6.45) is 5.44. The van der Waals surface area contributed by atoms with Crippen LogP contribution < -0.4 is 0 Å². The van der Waals surface area contributed by atoms with E-state index < -0.39 is 0 Å². The molecule has 0 spiro atoms. The van der Waals surface area contributed by atoms with Crippen molar-refractivity contribution in [1.82, 2.24) is 24.8 Å². The van der Waals surface area contributed by atoms with Gasteiger partial charge in [-0.1, -0.05) is 5.21 Å². The quantitative estimate of drug-likeness (QED) is 0.769. The van der Waals surface area contributed by atoms with Gasteiger partial charge in [0.05, 0.1) is 30.4 Å². The Morgan fingerprint density at radius 3 is 3.10 bits per heavy atom. The van der Waals surface area contributed by atoms with Crippen LogP contribution >= 0.6 is 11.8 Å². The predicted molar refractivity (Wildman–Crippen MR) is 73.8 cm³/mol. The summed E-state index contributed by atoms with van der Waals surface area (Å²) in [5.74, 6) is 1.24. The molecule has 0 bridgehead atoms. The Bertz CT molecular complexity index is 492. The maximum Gasteiger partial charge on any atom is 0.242 e. The molecule has 2 saturated heterocycles. The van der Waals surface area contributed by atoms with Crippen LogP contribution in [0.2, 0.25) is 0 Å². The molecule has 0 N–H and O–H groups in total. The summed E-state index contributed by atoms with van der Waals surface area (Å²) in [5.41, 5.74) is 0. The summed E-state index contributed by atoms with van der Waals surface area (Å²) < 4.78 is 1.76. The number of thioether (sulfide) groups is 1. The Morgan fingerprint density at radius 1 is 1.50 bits per heavy atom. The topological polar surface area (TPSA) is 71.3 Å². The van der Waals surface area contributed by atoms with Gasteiger partial charge in [-0.05, 0) is 12.8 Å². The van der Waals surface area contributed by atoms with Gasteiger partial charge >= 0.3 is 0 Å². The zero-order valence-corrected chi connectivity index (χ0v) is 12.0. The highest BCUT2D eigenvalue weighted by Crippen LogP contribution is 2.20. The number of carbonyl (C=O) groups excluding carboxylic acids is 2. The van der Waals surface area contributed by atoms with E-state index in [9.17, 15) is 9.59 Å². The molecule has 0 aromatic carbocycles. The van der Waals surface area contributed by atoms with E-state index in [0.29, 0.717) is 18.2 Å². The third-order valence-electron chi connectivity index (χ3n) is 3.72. The normalized spacial score (nSPS) is 22.8. The summed E-state index contributed by atoms with van der Waals surface area (Å²) in [4.78, 5) is 27.5. The fourth-order valence-electron chi connectivity index (χ4n) is 2.69. The molecule has 20 heavy (non-hydrogen) atoms. The number of hydrogen-bond acceptors (Lipinski definition) is 5. The van der Waals surface area contributed by atoms with Crippen LogP contribution in [-0.2, 0) is 16.1 Å². The number of carbonyl (C=O) groups is 2. The maximum absolute atomic E-state index is 12.4. The molecule has 108 valence electrons. The van der Waals surface area contributed by atoms with Gasteiger partial charge in [-0.2, -0.15) is 0 Å². The van der Waals surface area contributed by atoms with Crippen LogP contribution in [0.25, 0.3) is 0 Å². The highest BCUT2D eigenvalue weighted by atomic mass is 32.2. The van der Waals surface area contributed by atoms with E-state index in [4.69, 9.17) is 0 Å². The minimum absolute atomic E-state index is 0.0449. The molecule has 2 fully saturated rings. The largest absolute Gasteiger partial charge is 0.336 e. The van der Waals surface area contributed by atoms with Crippen molar-refractivity contribution < 1.29 is 9.59 Å². The van der Waals surface area contributed by atoms with Crippen molar-refractivity contribution in [3.05, 3.63) is 12.4 Å². The van der Waals surface area contributed by atoms with Gasteiger partial charge in [0.25, 0.3) is 0 Å². The average molecular weight is 295 g/mol. The van der Waals surface area contributed by atoms with Crippen LogP contribution in [0.1, 0.15) is 12.8 Å². The average Bonchev–Trinajstić information content (AvgIpc) is 3.14. The van der Waals surface area contributed by atoms with Crippen LogP contribution in [0, 0.1) is 0 Å². The second-order valence-electron chi connectivity index (χ2n) is 5.08. The van der Waals surface area contributed by atoms with E-state index in [0.717, 1.165) is 19.4 Å². The SMILES string of the molecule is O=C1CSCN1CC(=O)N1CCC[C@H]1Cn1ccnn1. The first-order valence-electron chi connectivity index (χ1n) is 6.73. The third kappa shape index (κ3) is 2.79. The van der Waals surface area contributed by atoms with Gasteiger partial charge in [0.2, 0.25) is 11.8 Å². The predicted octanol–water partition coefficient (Wildman–Crippen LogP) is -0.198. The van der Waals surface area contributed by atoms with Crippen LogP contribution in [-0.4, -0.2) is 67.4 Å². The highest BCUT2D eigenvalue weighted by molar-refractivity contribution is 8.00. The fraction of sp³-hybridized carbons (Fsp3) is 0.667. The molecule has 3 heterocycles. The molecule has 2 aliphatic rings. The van der Waals surface area contributed by atoms with Gasteiger partial charge < -0.3 is 9.80 Å². The Labute approximate surface area is 121 Å². The lowest BCUT2D eigenvalue weighted by atomic mass is 10.2. The van der Waals surface area contributed by atoms with E-state index >= 15 is 0 Å². The number of amides is 2. The van der Waals surface area contributed by atoms with Gasteiger partial charge in [-0.25, -0.2) is 0 Å².